The van der Waals surface area contributed by atoms with Crippen molar-refractivity contribution in [2.24, 2.45) is 0 Å². The van der Waals surface area contributed by atoms with Crippen LogP contribution in [-0.4, -0.2) is 40.4 Å². The molecule has 0 aliphatic heterocycles. The third-order valence-electron chi connectivity index (χ3n) is 5.12. The molecular formula is C26H23N3O4. The van der Waals surface area contributed by atoms with E-state index in [1.54, 1.807) is 32.4 Å². The summed E-state index contributed by atoms with van der Waals surface area (Å²) in [4.78, 5) is 36.6. The van der Waals surface area contributed by atoms with Gasteiger partial charge in [0.1, 0.15) is 17.7 Å². The molecule has 0 aliphatic rings. The molecule has 2 heterocycles. The lowest BCUT2D eigenvalue weighted by atomic mass is 10.0. The van der Waals surface area contributed by atoms with Gasteiger partial charge < -0.3 is 14.5 Å². The Bertz CT molecular complexity index is 1320. The summed E-state index contributed by atoms with van der Waals surface area (Å²) in [6.07, 6.45) is 6.62. The number of hydrogen-bond donors (Lipinski definition) is 1. The van der Waals surface area contributed by atoms with Crippen LogP contribution in [0.5, 0.6) is 5.75 Å². The molecule has 7 heteroatoms. The number of aromatic nitrogens is 3. The molecule has 0 amide bonds. The largest absolute Gasteiger partial charge is 0.497 e. The van der Waals surface area contributed by atoms with Crippen molar-refractivity contribution in [2.45, 2.75) is 13.3 Å². The van der Waals surface area contributed by atoms with E-state index < -0.39 is 5.97 Å². The number of rotatable bonds is 8. The first-order chi connectivity index (χ1) is 16.1. The number of ketones is 1. The summed E-state index contributed by atoms with van der Waals surface area (Å²) in [5.74, 6) is 0.308. The molecule has 4 aromatic rings. The molecule has 0 saturated carbocycles. The molecule has 0 fully saturated rings. The van der Waals surface area contributed by atoms with Crippen LogP contribution in [0.2, 0.25) is 0 Å². The van der Waals surface area contributed by atoms with Crippen LogP contribution < -0.4 is 4.74 Å². The van der Waals surface area contributed by atoms with Gasteiger partial charge in [0, 0.05) is 18.2 Å². The fourth-order valence-electron chi connectivity index (χ4n) is 3.54. The fourth-order valence-corrected chi connectivity index (χ4v) is 3.54. The second-order valence-corrected chi connectivity index (χ2v) is 7.32. The molecule has 2 aromatic carbocycles. The highest BCUT2D eigenvalue weighted by Gasteiger charge is 2.19. The Morgan fingerprint density at radius 2 is 1.91 bits per heavy atom. The highest BCUT2D eigenvalue weighted by Crippen LogP contribution is 2.29. The maximum atomic E-state index is 12.5. The van der Waals surface area contributed by atoms with Crippen molar-refractivity contribution in [3.05, 3.63) is 83.8 Å². The number of nitrogens with zero attached hydrogens (tertiary/aromatic N) is 2. The second-order valence-electron chi connectivity index (χ2n) is 7.32. The zero-order chi connectivity index (χ0) is 23.2. The number of benzene rings is 2. The van der Waals surface area contributed by atoms with Gasteiger partial charge in [-0.25, -0.2) is 14.8 Å². The lowest BCUT2D eigenvalue weighted by Crippen LogP contribution is -2.04. The van der Waals surface area contributed by atoms with Crippen molar-refractivity contribution >= 4 is 28.9 Å². The summed E-state index contributed by atoms with van der Waals surface area (Å²) >= 11 is 0. The van der Waals surface area contributed by atoms with Gasteiger partial charge in [0.15, 0.2) is 5.78 Å². The minimum absolute atomic E-state index is 0.0235. The lowest BCUT2D eigenvalue weighted by Gasteiger charge is -2.07. The van der Waals surface area contributed by atoms with Crippen molar-refractivity contribution in [2.75, 3.05) is 13.7 Å². The number of carbonyl (C=O) groups excluding carboxylic acids is 2. The van der Waals surface area contributed by atoms with Gasteiger partial charge in [-0.2, -0.15) is 0 Å². The predicted octanol–water partition coefficient (Wildman–Crippen LogP) is 4.64. The molecule has 0 atom stereocenters. The Morgan fingerprint density at radius 3 is 2.67 bits per heavy atom. The Hall–Kier alpha value is -4.26. The number of esters is 1. The molecule has 33 heavy (non-hydrogen) atoms. The first kappa shape index (κ1) is 22.0. The fraction of sp³-hybridized carbons (Fsp3) is 0.154. The Kier molecular flexibility index (Phi) is 6.59. The van der Waals surface area contributed by atoms with Crippen molar-refractivity contribution in [1.29, 1.82) is 0 Å². The summed E-state index contributed by atoms with van der Waals surface area (Å²) in [6, 6.07) is 15.0. The number of hydrogen-bond acceptors (Lipinski definition) is 6. The number of ether oxygens (including phenoxy) is 2. The van der Waals surface area contributed by atoms with E-state index >= 15 is 0 Å². The predicted molar refractivity (Wildman–Crippen MR) is 126 cm³/mol. The summed E-state index contributed by atoms with van der Waals surface area (Å²) in [5.41, 5.74) is 4.08. The van der Waals surface area contributed by atoms with Gasteiger partial charge in [-0.1, -0.05) is 36.4 Å². The normalized spacial score (nSPS) is 11.1. The second kappa shape index (κ2) is 9.91. The molecule has 0 aliphatic carbocycles. The van der Waals surface area contributed by atoms with E-state index in [0.717, 1.165) is 22.4 Å². The van der Waals surface area contributed by atoms with Crippen molar-refractivity contribution in [3.63, 3.8) is 0 Å². The molecule has 1 N–H and O–H groups in total. The number of nitrogens with one attached hydrogen (secondary N) is 1. The molecular weight excluding hydrogens is 418 g/mol. The van der Waals surface area contributed by atoms with Crippen molar-refractivity contribution in [1.82, 2.24) is 15.0 Å². The van der Waals surface area contributed by atoms with Crippen LogP contribution in [0.4, 0.5) is 0 Å². The average Bonchev–Trinajstić information content (AvgIpc) is 3.28. The number of carbonyl (C=O) groups is 2. The van der Waals surface area contributed by atoms with E-state index in [2.05, 4.69) is 15.0 Å². The van der Waals surface area contributed by atoms with E-state index in [1.807, 2.05) is 48.5 Å². The number of aromatic amines is 1. The van der Waals surface area contributed by atoms with Gasteiger partial charge >= 0.3 is 5.97 Å². The van der Waals surface area contributed by atoms with Crippen molar-refractivity contribution < 1.29 is 19.1 Å². The number of fused-ring (bicyclic) bond motifs is 1. The lowest BCUT2D eigenvalue weighted by molar-refractivity contribution is -0.113. The first-order valence-corrected chi connectivity index (χ1v) is 10.5. The molecule has 2 aromatic heterocycles. The Labute approximate surface area is 191 Å². The summed E-state index contributed by atoms with van der Waals surface area (Å²) in [7, 11) is 1.61. The van der Waals surface area contributed by atoms with Crippen LogP contribution in [-0.2, 0) is 16.0 Å². The number of methoxy groups -OCH3 is 1. The molecule has 0 spiro atoms. The number of allylic oxidation sites excluding steroid dienone is 1. The Balaban J connectivity index is 1.57. The van der Waals surface area contributed by atoms with Crippen LogP contribution >= 0.6 is 0 Å². The molecule has 0 bridgehead atoms. The van der Waals surface area contributed by atoms with E-state index in [0.29, 0.717) is 22.3 Å². The molecule has 166 valence electrons. The van der Waals surface area contributed by atoms with Crippen LogP contribution in [0.1, 0.15) is 28.4 Å². The summed E-state index contributed by atoms with van der Waals surface area (Å²) < 4.78 is 10.3. The van der Waals surface area contributed by atoms with Gasteiger partial charge in [0.2, 0.25) is 0 Å². The monoisotopic (exact) mass is 441 g/mol. The quantitative estimate of drug-likeness (QED) is 0.316. The maximum Gasteiger partial charge on any atom is 0.340 e. The molecule has 0 radical (unpaired) electrons. The topological polar surface area (TPSA) is 94.2 Å². The minimum Gasteiger partial charge on any atom is -0.497 e. The van der Waals surface area contributed by atoms with Crippen LogP contribution in [0.15, 0.2) is 67.1 Å². The van der Waals surface area contributed by atoms with Gasteiger partial charge in [0.05, 0.1) is 30.4 Å². The third-order valence-corrected chi connectivity index (χ3v) is 5.12. The SMILES string of the molecule is CCOC(=O)c1c[nH]c2ncnc(-c3cccc(CC(=O)/C=C/c4ccc(OC)cc4)c3)c12. The van der Waals surface area contributed by atoms with Gasteiger partial charge in [-0.3, -0.25) is 4.79 Å². The van der Waals surface area contributed by atoms with Crippen LogP contribution in [0.25, 0.3) is 28.4 Å². The van der Waals surface area contributed by atoms with E-state index in [1.165, 1.54) is 6.33 Å². The first-order valence-electron chi connectivity index (χ1n) is 10.5. The zero-order valence-corrected chi connectivity index (χ0v) is 18.4. The van der Waals surface area contributed by atoms with Crippen LogP contribution in [0, 0.1) is 0 Å². The molecule has 0 unspecified atom stereocenters. The van der Waals surface area contributed by atoms with Gasteiger partial charge in [0.25, 0.3) is 0 Å². The smallest absolute Gasteiger partial charge is 0.340 e. The van der Waals surface area contributed by atoms with Gasteiger partial charge in [-0.05, 0) is 42.3 Å². The molecule has 0 saturated heterocycles. The highest BCUT2D eigenvalue weighted by atomic mass is 16.5. The number of H-pyrrole nitrogens is 1. The zero-order valence-electron chi connectivity index (χ0n) is 18.4. The standard InChI is InChI=1S/C26H23N3O4/c1-3-33-26(31)22-15-27-25-23(22)24(28-16-29-25)19-6-4-5-18(13-19)14-20(30)10-7-17-8-11-21(32-2)12-9-17/h4-13,15-16H,3,14H2,1-2H3,(H,27,28,29)/b10-7+. The van der Waals surface area contributed by atoms with Gasteiger partial charge in [-0.15, -0.1) is 0 Å². The van der Waals surface area contributed by atoms with Crippen LogP contribution in [0.3, 0.4) is 0 Å². The summed E-state index contributed by atoms with van der Waals surface area (Å²) in [6.45, 7) is 2.03. The minimum atomic E-state index is -0.435. The summed E-state index contributed by atoms with van der Waals surface area (Å²) in [5, 5.41) is 0.596. The third kappa shape index (κ3) is 4.98. The van der Waals surface area contributed by atoms with E-state index in [4.69, 9.17) is 9.47 Å². The Morgan fingerprint density at radius 1 is 1.09 bits per heavy atom. The van der Waals surface area contributed by atoms with E-state index in [9.17, 15) is 9.59 Å². The molecule has 7 nitrogen and oxygen atoms in total. The highest BCUT2D eigenvalue weighted by molar-refractivity contribution is 6.08. The van der Waals surface area contributed by atoms with Crippen molar-refractivity contribution in [3.8, 4) is 17.0 Å². The maximum absolute atomic E-state index is 12.5. The molecule has 4 rings (SSSR count). The average molecular weight is 441 g/mol. The van der Waals surface area contributed by atoms with E-state index in [-0.39, 0.29) is 18.8 Å².